The number of phenols is 2. The molecule has 3 aromatic carbocycles. The predicted octanol–water partition coefficient (Wildman–Crippen LogP) is -1.90. The van der Waals surface area contributed by atoms with Crippen molar-refractivity contribution in [2.75, 3.05) is 19.7 Å². The van der Waals surface area contributed by atoms with Gasteiger partial charge in [-0.1, -0.05) is 124 Å². The summed E-state index contributed by atoms with van der Waals surface area (Å²) in [5, 5.41) is 78.3. The maximum Gasteiger partial charge on any atom is 0.326 e. The van der Waals surface area contributed by atoms with Crippen LogP contribution in [-0.2, 0) is 91.2 Å². The minimum Gasteiger partial charge on any atom is -0.508 e. The lowest BCUT2D eigenvalue weighted by atomic mass is 9.97. The van der Waals surface area contributed by atoms with Crippen molar-refractivity contribution in [2.24, 2.45) is 57.5 Å². The number of carbonyl (C=O) groups is 15. The number of phenolic OH excluding ortho intramolecular Hbond substituents is 2. The first kappa shape index (κ1) is 95.9. The zero-order valence-electron chi connectivity index (χ0n) is 66.8. The van der Waals surface area contributed by atoms with Crippen LogP contribution in [0.2, 0.25) is 0 Å². The number of aliphatic imine (C=N–C) groups is 1. The number of carboxylic acid groups (broad SMARTS) is 2. The van der Waals surface area contributed by atoms with Gasteiger partial charge in [0, 0.05) is 38.8 Å². The van der Waals surface area contributed by atoms with Crippen molar-refractivity contribution in [3.8, 4) is 11.5 Å². The first-order valence-electron chi connectivity index (χ1n) is 38.5. The molecule has 1 fully saturated rings. The van der Waals surface area contributed by atoms with E-state index >= 15 is 0 Å². The molecule has 1 heterocycles. The molecule has 115 heavy (non-hydrogen) atoms. The molecular weight excluding hydrogens is 1490 g/mol. The van der Waals surface area contributed by atoms with Crippen molar-refractivity contribution in [3.63, 3.8) is 0 Å². The molecule has 13 atom stereocenters. The Hall–Kier alpha value is -11.5. The number of carboxylic acids is 2. The summed E-state index contributed by atoms with van der Waals surface area (Å²) in [6, 6.07) is 0.907. The Morgan fingerprint density at radius 1 is 0.443 bits per heavy atom. The summed E-state index contributed by atoms with van der Waals surface area (Å²) in [4.78, 5) is 213. The lowest BCUT2D eigenvalue weighted by molar-refractivity contribution is -0.143. The Bertz CT molecular complexity index is 3840. The van der Waals surface area contributed by atoms with E-state index in [4.69, 9.17) is 22.9 Å². The van der Waals surface area contributed by atoms with Gasteiger partial charge in [-0.05, 0) is 128 Å². The van der Waals surface area contributed by atoms with E-state index in [2.05, 4.69) is 63.5 Å². The van der Waals surface area contributed by atoms with E-state index < -0.39 is 204 Å². The topological polar surface area (TPSA) is 609 Å². The van der Waals surface area contributed by atoms with Crippen LogP contribution in [0.5, 0.6) is 11.5 Å². The number of guanidine groups is 1. The van der Waals surface area contributed by atoms with Crippen LogP contribution in [0.1, 0.15) is 150 Å². The molecule has 0 spiro atoms. The van der Waals surface area contributed by atoms with Gasteiger partial charge in [-0.2, -0.15) is 0 Å². The fourth-order valence-corrected chi connectivity index (χ4v) is 12.6. The van der Waals surface area contributed by atoms with Crippen LogP contribution >= 0.6 is 0 Å². The van der Waals surface area contributed by atoms with Crippen molar-refractivity contribution in [1.29, 1.82) is 0 Å². The van der Waals surface area contributed by atoms with Gasteiger partial charge in [0.15, 0.2) is 5.96 Å². The van der Waals surface area contributed by atoms with Crippen LogP contribution in [0.25, 0.3) is 0 Å². The number of likely N-dealkylation sites (tertiary alicyclic amines) is 1. The first-order valence-corrected chi connectivity index (χ1v) is 38.5. The quantitative estimate of drug-likeness (QED) is 0.0167. The molecule has 1 saturated heterocycles. The first-order chi connectivity index (χ1) is 54.1. The van der Waals surface area contributed by atoms with Crippen LogP contribution < -0.4 is 81.4 Å². The smallest absolute Gasteiger partial charge is 0.326 e. The monoisotopic (exact) mass is 1610 g/mol. The van der Waals surface area contributed by atoms with Crippen molar-refractivity contribution in [3.05, 3.63) is 95.6 Å². The van der Waals surface area contributed by atoms with E-state index in [1.807, 2.05) is 0 Å². The molecule has 13 amide bonds. The fraction of sp³-hybridized carbons (Fsp3) is 0.564. The van der Waals surface area contributed by atoms with E-state index in [0.29, 0.717) is 23.1 Å². The van der Waals surface area contributed by atoms with E-state index in [0.717, 1.165) is 0 Å². The van der Waals surface area contributed by atoms with E-state index in [1.165, 1.54) is 41.3 Å². The van der Waals surface area contributed by atoms with Gasteiger partial charge in [-0.15, -0.1) is 0 Å². The second-order valence-electron chi connectivity index (χ2n) is 30.6. The molecule has 634 valence electrons. The van der Waals surface area contributed by atoms with Crippen molar-refractivity contribution < 1.29 is 97.5 Å². The molecule has 0 saturated carbocycles. The van der Waals surface area contributed by atoms with Gasteiger partial charge in [0.2, 0.25) is 76.8 Å². The van der Waals surface area contributed by atoms with Gasteiger partial charge in [-0.3, -0.25) is 72.1 Å². The zero-order chi connectivity index (χ0) is 86.1. The number of aliphatic carboxylic acids is 2. The number of hydrogen-bond acceptors (Lipinski definition) is 20. The molecule has 1 aliphatic rings. The molecule has 0 bridgehead atoms. The standard InChI is InChI=1S/C78H117N17O20/c1-40(2)34-54(68(105)91-58(39-96)71(108)87-55(37-45-16-12-11-13-17-45)69(106)85-52(29-31-61(100)101)66(103)90-57(77(114)115)35-41(3)4)89-73(110)62(42(5)6)93-75(112)64(44(9)10)94-74(111)63(43(7)8)92-67(104)51(18-14-32-83-78(81)82)84-70(107)56(38-47-22-26-49(98)27-23-47)88-72(109)59-19-15-33-95(59)76(113)53(28-30-60(80)99)86-65(102)50(79)36-46-20-24-48(97)25-21-46/h11-13,16-17,20-27,40-44,50-59,62-64,96-98H,14-15,18-19,28-39,79H2,1-10H3,(H2,80,99)(H,84,107)(H,85,106)(H,86,102)(H,87,108)(H,88,109)(H,89,110)(H,90,103)(H,91,105)(H,92,104)(H,93,112)(H,94,111)(H,100,101)(H,114,115)(H4,81,82,83)/t50-,51-,52-,53-,54-,55-,56-,57-,58-,59-,62-,63-,64-/m0/s1. The molecule has 24 N–H and O–H groups in total. The number of hydrogen-bond donors (Lipinski definition) is 20. The van der Waals surface area contributed by atoms with Gasteiger partial charge in [0.25, 0.3) is 0 Å². The van der Waals surface area contributed by atoms with Gasteiger partial charge in [0.1, 0.15) is 84.0 Å². The van der Waals surface area contributed by atoms with Crippen LogP contribution in [-0.4, -0.2) is 223 Å². The van der Waals surface area contributed by atoms with Crippen LogP contribution in [0.3, 0.4) is 0 Å². The summed E-state index contributed by atoms with van der Waals surface area (Å²) < 4.78 is 0. The molecule has 4 rings (SSSR count). The molecule has 37 heteroatoms. The van der Waals surface area contributed by atoms with E-state index in [1.54, 1.807) is 112 Å². The van der Waals surface area contributed by atoms with Crippen molar-refractivity contribution >= 4 is 94.7 Å². The van der Waals surface area contributed by atoms with Gasteiger partial charge in [0.05, 0.1) is 12.6 Å². The molecular formula is C78H117N17O20. The SMILES string of the molecule is CC(C)C[C@H](NC(=O)[C@H](CCC(=O)O)NC(=O)[C@H](Cc1ccccc1)NC(=O)[C@H](CO)NC(=O)[C@H](CC(C)C)NC(=O)[C@@H](NC(=O)[C@@H](NC(=O)[C@@H](NC(=O)[C@H](CCCN=C(N)N)NC(=O)[C@H](Cc1ccc(O)cc1)NC(=O)[C@@H]1CCCN1C(=O)[C@H](CCC(N)=O)NC(=O)[C@@H](N)Cc1ccc(O)cc1)C(C)C)C(C)C)C(C)C)C(=O)O. The summed E-state index contributed by atoms with van der Waals surface area (Å²) >= 11 is 0. The average Bonchev–Trinajstić information content (AvgIpc) is 1.81. The number of benzene rings is 3. The van der Waals surface area contributed by atoms with E-state index in [9.17, 15) is 97.5 Å². The summed E-state index contributed by atoms with van der Waals surface area (Å²) in [6.07, 6.45) is -2.02. The number of amides is 13. The highest BCUT2D eigenvalue weighted by Gasteiger charge is 2.42. The van der Waals surface area contributed by atoms with Crippen LogP contribution in [0.15, 0.2) is 83.9 Å². The lowest BCUT2D eigenvalue weighted by Crippen LogP contribution is -2.62. The van der Waals surface area contributed by atoms with E-state index in [-0.39, 0.29) is 107 Å². The predicted molar refractivity (Wildman–Crippen MR) is 421 cm³/mol. The number of nitrogens with zero attached hydrogens (tertiary/aromatic N) is 2. The minimum absolute atomic E-state index is 0.00455. The number of aromatic hydroxyl groups is 2. The third kappa shape index (κ3) is 32.9. The van der Waals surface area contributed by atoms with Crippen LogP contribution in [0.4, 0.5) is 0 Å². The molecule has 0 radical (unpaired) electrons. The zero-order valence-corrected chi connectivity index (χ0v) is 66.8. The highest BCUT2D eigenvalue weighted by molar-refractivity contribution is 6.00. The number of carbonyl (C=O) groups excluding carboxylic acids is 13. The largest absolute Gasteiger partial charge is 0.508 e. The molecule has 0 aliphatic carbocycles. The second-order valence-corrected chi connectivity index (χ2v) is 30.6. The Labute approximate surface area is 668 Å². The Morgan fingerprint density at radius 3 is 1.31 bits per heavy atom. The Morgan fingerprint density at radius 2 is 0.835 bits per heavy atom. The lowest BCUT2D eigenvalue weighted by Gasteiger charge is -2.31. The van der Waals surface area contributed by atoms with Gasteiger partial charge >= 0.3 is 11.9 Å². The van der Waals surface area contributed by atoms with Crippen molar-refractivity contribution in [1.82, 2.24) is 63.4 Å². The normalized spacial score (nSPS) is 15.8. The highest BCUT2D eigenvalue weighted by Crippen LogP contribution is 2.23. The summed E-state index contributed by atoms with van der Waals surface area (Å²) in [7, 11) is 0. The number of nitrogens with one attached hydrogen (secondary N) is 11. The average molecular weight is 1610 g/mol. The molecule has 1 aliphatic heterocycles. The van der Waals surface area contributed by atoms with Crippen LogP contribution in [0, 0.1) is 29.6 Å². The number of primary amides is 1. The second kappa shape index (κ2) is 47.2. The number of aliphatic hydroxyl groups is 1. The molecule has 3 aromatic rings. The third-order valence-electron chi connectivity index (χ3n) is 18.9. The molecule has 37 nitrogen and oxygen atoms in total. The Kier molecular flexibility index (Phi) is 39.4. The van der Waals surface area contributed by atoms with Gasteiger partial charge in [-0.25, -0.2) is 4.79 Å². The summed E-state index contributed by atoms with van der Waals surface area (Å²) in [5.74, 6) is -17.5. The third-order valence-corrected chi connectivity index (χ3v) is 18.9. The number of rotatable bonds is 48. The highest BCUT2D eigenvalue weighted by atomic mass is 16.4. The van der Waals surface area contributed by atoms with Crippen molar-refractivity contribution in [2.45, 2.75) is 231 Å². The minimum atomic E-state index is -1.80. The summed E-state index contributed by atoms with van der Waals surface area (Å²) in [6.45, 7) is 15.3. The Balaban J connectivity index is 1.56. The number of aliphatic hydroxyl groups excluding tert-OH is 1. The fourth-order valence-electron chi connectivity index (χ4n) is 12.6. The maximum absolute atomic E-state index is 14.8. The van der Waals surface area contributed by atoms with Gasteiger partial charge < -0.3 is 112 Å². The molecule has 0 aromatic heterocycles. The maximum atomic E-state index is 14.8. The summed E-state index contributed by atoms with van der Waals surface area (Å²) in [5.41, 5.74) is 24.5. The number of nitrogens with two attached hydrogens (primary N) is 4. The molecule has 0 unspecified atom stereocenters.